The zero-order valence-electron chi connectivity index (χ0n) is 10.2. The molecule has 7 heteroatoms. The van der Waals surface area contributed by atoms with Crippen molar-refractivity contribution < 1.29 is 19.9 Å². The summed E-state index contributed by atoms with van der Waals surface area (Å²) >= 11 is 0. The minimum Gasteiger partial charge on any atom is -0.478 e. The molecule has 0 radical (unpaired) electrons. The predicted octanol–water partition coefficient (Wildman–Crippen LogP) is 1.28. The third-order valence-electron chi connectivity index (χ3n) is 2.48. The summed E-state index contributed by atoms with van der Waals surface area (Å²) in [6.45, 7) is 3.55. The summed E-state index contributed by atoms with van der Waals surface area (Å²) in [7, 11) is 0. The third-order valence-corrected chi connectivity index (χ3v) is 2.48. The van der Waals surface area contributed by atoms with Crippen molar-refractivity contribution in [1.29, 1.82) is 0 Å². The molecule has 0 aliphatic heterocycles. The normalized spacial score (nSPS) is 9.95. The maximum absolute atomic E-state index is 11.2. The van der Waals surface area contributed by atoms with Gasteiger partial charge in [-0.2, -0.15) is 0 Å². The number of carbonyl (C=O) groups is 1. The van der Waals surface area contributed by atoms with Gasteiger partial charge >= 0.3 is 5.97 Å². The number of nitro groups is 1. The van der Waals surface area contributed by atoms with Crippen LogP contribution in [0.15, 0.2) is 30.9 Å². The molecule has 1 aromatic carbocycles. The lowest BCUT2D eigenvalue weighted by atomic mass is 10.1. The van der Waals surface area contributed by atoms with Crippen LogP contribution in [0.2, 0.25) is 0 Å². The van der Waals surface area contributed by atoms with Crippen molar-refractivity contribution >= 4 is 17.3 Å². The summed E-state index contributed by atoms with van der Waals surface area (Å²) in [5.41, 5.74) is -0.506. The number of benzene rings is 1. The summed E-state index contributed by atoms with van der Waals surface area (Å²) in [6, 6.07) is 3.84. The van der Waals surface area contributed by atoms with Crippen LogP contribution in [0.1, 0.15) is 10.4 Å². The van der Waals surface area contributed by atoms with Crippen LogP contribution in [0.4, 0.5) is 11.4 Å². The van der Waals surface area contributed by atoms with Crippen LogP contribution in [0.5, 0.6) is 0 Å². The van der Waals surface area contributed by atoms with Gasteiger partial charge in [-0.05, 0) is 6.07 Å². The van der Waals surface area contributed by atoms with Crippen LogP contribution in [-0.4, -0.2) is 40.8 Å². The fourth-order valence-electron chi connectivity index (χ4n) is 1.75. The minimum atomic E-state index is -1.26. The second kappa shape index (κ2) is 6.50. The van der Waals surface area contributed by atoms with Crippen LogP contribution in [0.3, 0.4) is 0 Å². The van der Waals surface area contributed by atoms with E-state index in [0.29, 0.717) is 0 Å². The molecule has 0 fully saturated rings. The van der Waals surface area contributed by atoms with Crippen LogP contribution >= 0.6 is 0 Å². The Bertz CT molecular complexity index is 469. The van der Waals surface area contributed by atoms with Gasteiger partial charge in [0.2, 0.25) is 0 Å². The maximum Gasteiger partial charge on any atom is 0.338 e. The number of anilines is 1. The highest BCUT2D eigenvalue weighted by Gasteiger charge is 2.25. The van der Waals surface area contributed by atoms with Crippen molar-refractivity contribution in [3.63, 3.8) is 0 Å². The Morgan fingerprint density at radius 3 is 2.68 bits per heavy atom. The first-order valence-electron chi connectivity index (χ1n) is 5.50. The topological polar surface area (TPSA) is 104 Å². The molecule has 0 aromatic heterocycles. The van der Waals surface area contributed by atoms with Crippen molar-refractivity contribution in [2.24, 2.45) is 0 Å². The maximum atomic E-state index is 11.2. The number of aliphatic hydroxyl groups is 1. The number of carboxylic acid groups (broad SMARTS) is 1. The molecule has 0 bridgehead atoms. The van der Waals surface area contributed by atoms with Gasteiger partial charge in [-0.1, -0.05) is 12.1 Å². The van der Waals surface area contributed by atoms with Gasteiger partial charge in [-0.15, -0.1) is 6.58 Å². The van der Waals surface area contributed by atoms with E-state index in [1.807, 2.05) is 0 Å². The molecular weight excluding hydrogens is 252 g/mol. The van der Waals surface area contributed by atoms with Crippen LogP contribution in [0.25, 0.3) is 0 Å². The second-order valence-electron chi connectivity index (χ2n) is 3.69. The molecule has 0 heterocycles. The fourth-order valence-corrected chi connectivity index (χ4v) is 1.75. The molecule has 0 amide bonds. The Balaban J connectivity index is 3.44. The number of aromatic carboxylic acids is 1. The van der Waals surface area contributed by atoms with E-state index in [9.17, 15) is 14.9 Å². The first kappa shape index (κ1) is 14.7. The van der Waals surface area contributed by atoms with E-state index in [4.69, 9.17) is 10.2 Å². The van der Waals surface area contributed by atoms with Crippen LogP contribution in [-0.2, 0) is 0 Å². The Morgan fingerprint density at radius 1 is 1.53 bits per heavy atom. The lowest BCUT2D eigenvalue weighted by molar-refractivity contribution is -0.384. The summed E-state index contributed by atoms with van der Waals surface area (Å²) < 4.78 is 0. The summed E-state index contributed by atoms with van der Waals surface area (Å²) in [4.78, 5) is 22.9. The number of hydrogen-bond donors (Lipinski definition) is 2. The van der Waals surface area contributed by atoms with E-state index in [1.165, 1.54) is 29.2 Å². The molecule has 0 spiro atoms. The Labute approximate surface area is 109 Å². The van der Waals surface area contributed by atoms with Gasteiger partial charge in [0.05, 0.1) is 17.1 Å². The van der Waals surface area contributed by atoms with Crippen molar-refractivity contribution in [3.05, 3.63) is 46.5 Å². The van der Waals surface area contributed by atoms with Gasteiger partial charge in [-0.25, -0.2) is 4.79 Å². The van der Waals surface area contributed by atoms with E-state index in [-0.39, 0.29) is 36.6 Å². The van der Waals surface area contributed by atoms with E-state index in [0.717, 1.165) is 0 Å². The molecule has 1 aromatic rings. The van der Waals surface area contributed by atoms with E-state index < -0.39 is 10.9 Å². The lowest BCUT2D eigenvalue weighted by Crippen LogP contribution is -2.29. The van der Waals surface area contributed by atoms with Crippen molar-refractivity contribution in [3.8, 4) is 0 Å². The monoisotopic (exact) mass is 266 g/mol. The first-order chi connectivity index (χ1) is 9.02. The molecule has 2 N–H and O–H groups in total. The number of aliphatic hydroxyl groups excluding tert-OH is 1. The molecule has 1 rings (SSSR count). The van der Waals surface area contributed by atoms with Gasteiger partial charge in [0.15, 0.2) is 0 Å². The number of hydrogen-bond acceptors (Lipinski definition) is 5. The number of para-hydroxylation sites is 1. The average molecular weight is 266 g/mol. The van der Waals surface area contributed by atoms with Gasteiger partial charge in [0.25, 0.3) is 5.69 Å². The van der Waals surface area contributed by atoms with E-state index in [1.54, 1.807) is 0 Å². The van der Waals surface area contributed by atoms with Crippen LogP contribution < -0.4 is 4.90 Å². The molecule has 0 atom stereocenters. The molecule has 102 valence electrons. The van der Waals surface area contributed by atoms with Gasteiger partial charge in [0, 0.05) is 19.2 Å². The number of carboxylic acids is 1. The number of rotatable bonds is 7. The number of nitro benzene ring substituents is 1. The van der Waals surface area contributed by atoms with Gasteiger partial charge in [0.1, 0.15) is 5.69 Å². The molecular formula is C12H14N2O5. The van der Waals surface area contributed by atoms with Crippen molar-refractivity contribution in [2.45, 2.75) is 0 Å². The highest BCUT2D eigenvalue weighted by Crippen LogP contribution is 2.32. The molecule has 0 saturated carbocycles. The zero-order chi connectivity index (χ0) is 14.4. The van der Waals surface area contributed by atoms with Gasteiger partial charge < -0.3 is 15.1 Å². The van der Waals surface area contributed by atoms with E-state index >= 15 is 0 Å². The molecule has 19 heavy (non-hydrogen) atoms. The number of nitrogens with zero attached hydrogens (tertiary/aromatic N) is 2. The Hall–Kier alpha value is -2.41. The predicted molar refractivity (Wildman–Crippen MR) is 69.6 cm³/mol. The standard InChI is InChI=1S/C12H14N2O5/c1-2-6-13(7-8-15)11-9(12(16)17)4-3-5-10(11)14(18)19/h2-5,15H,1,6-8H2,(H,16,17). The molecule has 7 nitrogen and oxygen atoms in total. The summed E-state index contributed by atoms with van der Waals surface area (Å²) in [5.74, 6) is -1.26. The second-order valence-corrected chi connectivity index (χ2v) is 3.69. The average Bonchev–Trinajstić information content (AvgIpc) is 2.37. The Morgan fingerprint density at radius 2 is 2.21 bits per heavy atom. The summed E-state index contributed by atoms with van der Waals surface area (Å²) in [6.07, 6.45) is 1.48. The quantitative estimate of drug-likeness (QED) is 0.437. The molecule has 0 aliphatic rings. The SMILES string of the molecule is C=CCN(CCO)c1c(C(=O)O)cccc1[N+](=O)[O-]. The van der Waals surface area contributed by atoms with Crippen LogP contribution in [0, 0.1) is 10.1 Å². The lowest BCUT2D eigenvalue weighted by Gasteiger charge is -2.23. The smallest absolute Gasteiger partial charge is 0.338 e. The minimum absolute atomic E-state index is 0.0195. The summed E-state index contributed by atoms with van der Waals surface area (Å²) in [5, 5.41) is 29.1. The zero-order valence-corrected chi connectivity index (χ0v) is 10.2. The molecule has 0 aliphatic carbocycles. The van der Waals surface area contributed by atoms with Crippen molar-refractivity contribution in [1.82, 2.24) is 0 Å². The third kappa shape index (κ3) is 3.29. The first-order valence-corrected chi connectivity index (χ1v) is 5.50. The fraction of sp³-hybridized carbons (Fsp3) is 0.250. The van der Waals surface area contributed by atoms with E-state index in [2.05, 4.69) is 6.58 Å². The molecule has 0 unspecified atom stereocenters. The highest BCUT2D eigenvalue weighted by atomic mass is 16.6. The van der Waals surface area contributed by atoms with Gasteiger partial charge in [-0.3, -0.25) is 10.1 Å². The Kier molecular flexibility index (Phi) is 5.01. The van der Waals surface area contributed by atoms with Crippen molar-refractivity contribution in [2.75, 3.05) is 24.6 Å². The largest absolute Gasteiger partial charge is 0.478 e. The highest BCUT2D eigenvalue weighted by molar-refractivity contribution is 5.97. The molecule has 0 saturated heterocycles.